The summed E-state index contributed by atoms with van der Waals surface area (Å²) >= 11 is 0. The van der Waals surface area contributed by atoms with E-state index in [0.717, 1.165) is 4.57 Å². The van der Waals surface area contributed by atoms with Crippen LogP contribution < -0.4 is 5.69 Å². The number of halogens is 3. The van der Waals surface area contributed by atoms with E-state index in [1.54, 1.807) is 6.92 Å². The van der Waals surface area contributed by atoms with Crippen molar-refractivity contribution >= 4 is 6.98 Å². The highest BCUT2D eigenvalue weighted by Gasteiger charge is 2.26. The van der Waals surface area contributed by atoms with E-state index in [1.165, 1.54) is 17.0 Å². The lowest BCUT2D eigenvalue weighted by Gasteiger charge is -2.17. The molecular weight excluding hydrogens is 208 g/mol. The molecule has 0 aromatic carbocycles. The number of hydrogen-bond donors (Lipinski definition) is 0. The monoisotopic (exact) mass is 219 g/mol. The number of rotatable bonds is 4. The van der Waals surface area contributed by atoms with Gasteiger partial charge >= 0.3 is 12.7 Å². The van der Waals surface area contributed by atoms with Crippen molar-refractivity contribution < 1.29 is 12.9 Å². The van der Waals surface area contributed by atoms with Crippen LogP contribution in [0.4, 0.5) is 12.9 Å². The van der Waals surface area contributed by atoms with Gasteiger partial charge in [0.15, 0.2) is 0 Å². The minimum atomic E-state index is -5.07. The van der Waals surface area contributed by atoms with Crippen molar-refractivity contribution in [3.05, 3.63) is 34.9 Å². The van der Waals surface area contributed by atoms with Crippen LogP contribution in [0.5, 0.6) is 0 Å². The smallest absolute Gasteiger partial charge is 0.445 e. The van der Waals surface area contributed by atoms with E-state index < -0.39 is 24.7 Å². The summed E-state index contributed by atoms with van der Waals surface area (Å²) in [5.41, 5.74) is -1.32. The van der Waals surface area contributed by atoms with Crippen LogP contribution in [0.1, 0.15) is 6.92 Å². The molecule has 0 aliphatic rings. The molecular formula is C8H11BF3N2O-. The first-order valence-electron chi connectivity index (χ1n) is 4.49. The summed E-state index contributed by atoms with van der Waals surface area (Å²) in [5.74, 6) is 0. The van der Waals surface area contributed by atoms with Crippen molar-refractivity contribution in [2.24, 2.45) is 0 Å². The largest absolute Gasteiger partial charge is 0.506 e. The molecule has 0 saturated carbocycles. The molecule has 84 valence electrons. The van der Waals surface area contributed by atoms with Crippen LogP contribution in [0.3, 0.4) is 0 Å². The summed E-state index contributed by atoms with van der Waals surface area (Å²) in [5, 5.41) is 0. The topological polar surface area (TPSA) is 26.9 Å². The minimum Gasteiger partial charge on any atom is -0.445 e. The van der Waals surface area contributed by atoms with Crippen LogP contribution in [-0.2, 0) is 13.1 Å². The molecule has 0 N–H and O–H groups in total. The Balaban J connectivity index is 2.87. The van der Waals surface area contributed by atoms with E-state index in [4.69, 9.17) is 0 Å². The molecule has 1 rings (SSSR count). The fourth-order valence-corrected chi connectivity index (χ4v) is 1.14. The van der Waals surface area contributed by atoms with Gasteiger partial charge < -0.3 is 12.9 Å². The zero-order chi connectivity index (χ0) is 11.6. The molecule has 1 heterocycles. The van der Waals surface area contributed by atoms with Gasteiger partial charge in [0.1, 0.15) is 0 Å². The third-order valence-corrected chi connectivity index (χ3v) is 2.09. The highest BCUT2D eigenvalue weighted by atomic mass is 19.4. The van der Waals surface area contributed by atoms with Crippen molar-refractivity contribution in [2.75, 3.05) is 0 Å². The Bertz CT molecular complexity index is 418. The van der Waals surface area contributed by atoms with Crippen molar-refractivity contribution in [3.8, 4) is 0 Å². The van der Waals surface area contributed by atoms with Crippen molar-refractivity contribution in [1.82, 2.24) is 9.13 Å². The lowest BCUT2D eigenvalue weighted by molar-refractivity contribution is 0.481. The Morgan fingerprint density at radius 2 is 1.93 bits per heavy atom. The van der Waals surface area contributed by atoms with Crippen LogP contribution in [-0.4, -0.2) is 16.1 Å². The summed E-state index contributed by atoms with van der Waals surface area (Å²) < 4.78 is 38.9. The molecule has 0 unspecified atom stereocenters. The molecule has 0 fully saturated rings. The number of aromatic nitrogens is 2. The Labute approximate surface area is 84.9 Å². The first-order chi connectivity index (χ1) is 6.86. The van der Waals surface area contributed by atoms with Crippen molar-refractivity contribution in [1.29, 1.82) is 0 Å². The second kappa shape index (κ2) is 4.00. The van der Waals surface area contributed by atoms with Crippen LogP contribution in [0.2, 0.25) is 0 Å². The number of aryl methyl sites for hydroxylation is 1. The SMILES string of the molecule is C=C(Cn1ccn(CC)c1=O)[B-](F)(F)F. The molecule has 0 saturated heterocycles. The maximum absolute atomic E-state index is 12.2. The van der Waals surface area contributed by atoms with Crippen LogP contribution >= 0.6 is 0 Å². The van der Waals surface area contributed by atoms with E-state index >= 15 is 0 Å². The quantitative estimate of drug-likeness (QED) is 0.706. The minimum absolute atomic E-state index is 0.440. The Morgan fingerprint density at radius 3 is 2.33 bits per heavy atom. The number of imidazole rings is 1. The Hall–Kier alpha value is -1.40. The van der Waals surface area contributed by atoms with Crippen molar-refractivity contribution in [3.63, 3.8) is 0 Å². The molecule has 15 heavy (non-hydrogen) atoms. The van der Waals surface area contributed by atoms with Crippen LogP contribution in [0.25, 0.3) is 0 Å². The predicted octanol–water partition coefficient (Wildman–Crippen LogP) is 1.61. The molecule has 1 aromatic heterocycles. The fraction of sp³-hybridized carbons (Fsp3) is 0.375. The molecule has 0 aliphatic heterocycles. The standard InChI is InChI=1S/C8H11BF3N2O/c1-3-13-4-5-14(8(13)15)6-7(2)9(10,11)12/h4-5H,2-3,6H2,1H3/q-1. The average Bonchev–Trinajstić information content (AvgIpc) is 2.46. The summed E-state index contributed by atoms with van der Waals surface area (Å²) in [6, 6.07) is 0. The number of hydrogen-bond acceptors (Lipinski definition) is 1. The third-order valence-electron chi connectivity index (χ3n) is 2.09. The lowest BCUT2D eigenvalue weighted by atomic mass is 9.80. The fourth-order valence-electron chi connectivity index (χ4n) is 1.14. The van der Waals surface area contributed by atoms with Gasteiger partial charge in [0.05, 0.1) is 0 Å². The zero-order valence-corrected chi connectivity index (χ0v) is 8.29. The highest BCUT2D eigenvalue weighted by molar-refractivity contribution is 6.66. The first kappa shape index (κ1) is 11.7. The van der Waals surface area contributed by atoms with Gasteiger partial charge in [-0.25, -0.2) is 4.79 Å². The molecule has 0 bridgehead atoms. The molecule has 3 nitrogen and oxygen atoms in total. The van der Waals surface area contributed by atoms with E-state index in [1.807, 2.05) is 0 Å². The normalized spacial score (nSPS) is 11.7. The van der Waals surface area contributed by atoms with Crippen molar-refractivity contribution in [2.45, 2.75) is 20.0 Å². The van der Waals surface area contributed by atoms with E-state index in [-0.39, 0.29) is 0 Å². The molecule has 7 heteroatoms. The van der Waals surface area contributed by atoms with Gasteiger partial charge in [-0.15, -0.1) is 12.1 Å². The molecule has 0 amide bonds. The third kappa shape index (κ3) is 2.54. The molecule has 0 aliphatic carbocycles. The van der Waals surface area contributed by atoms with E-state index in [0.29, 0.717) is 6.54 Å². The van der Waals surface area contributed by atoms with E-state index in [9.17, 15) is 17.7 Å². The Morgan fingerprint density at radius 1 is 1.40 bits per heavy atom. The zero-order valence-electron chi connectivity index (χ0n) is 8.29. The summed E-state index contributed by atoms with van der Waals surface area (Å²) in [4.78, 5) is 11.4. The van der Waals surface area contributed by atoms with E-state index in [2.05, 4.69) is 6.58 Å². The highest BCUT2D eigenvalue weighted by Crippen LogP contribution is 2.18. The summed E-state index contributed by atoms with van der Waals surface area (Å²) in [6.07, 6.45) is 2.79. The van der Waals surface area contributed by atoms with Crippen LogP contribution in [0, 0.1) is 0 Å². The predicted molar refractivity (Wildman–Crippen MR) is 52.6 cm³/mol. The second-order valence-electron chi connectivity index (χ2n) is 3.23. The van der Waals surface area contributed by atoms with Crippen LogP contribution in [0.15, 0.2) is 29.2 Å². The molecule has 0 spiro atoms. The molecule has 1 aromatic rings. The summed E-state index contributed by atoms with van der Waals surface area (Å²) in [7, 11) is 0. The second-order valence-corrected chi connectivity index (χ2v) is 3.23. The number of allylic oxidation sites excluding steroid dienone is 1. The summed E-state index contributed by atoms with van der Waals surface area (Å²) in [6.45, 7) is -0.447. The van der Waals surface area contributed by atoms with Gasteiger partial charge in [-0.05, 0) is 6.92 Å². The maximum Gasteiger partial charge on any atom is 0.506 e. The van der Waals surface area contributed by atoms with Gasteiger partial charge in [-0.3, -0.25) is 9.13 Å². The molecule has 0 atom stereocenters. The van der Waals surface area contributed by atoms with Gasteiger partial charge in [0.25, 0.3) is 0 Å². The molecule has 0 radical (unpaired) electrons. The van der Waals surface area contributed by atoms with Gasteiger partial charge in [0, 0.05) is 25.5 Å². The average molecular weight is 219 g/mol. The maximum atomic E-state index is 12.2. The number of nitrogens with zero attached hydrogens (tertiary/aromatic N) is 2. The van der Waals surface area contributed by atoms with Gasteiger partial charge in [0.2, 0.25) is 0 Å². The Kier molecular flexibility index (Phi) is 3.11. The first-order valence-corrected chi connectivity index (χ1v) is 4.49. The lowest BCUT2D eigenvalue weighted by Crippen LogP contribution is -2.29. The van der Waals surface area contributed by atoms with Gasteiger partial charge in [-0.2, -0.15) is 0 Å². The van der Waals surface area contributed by atoms with Gasteiger partial charge in [-0.1, -0.05) is 0 Å².